The van der Waals surface area contributed by atoms with Crippen molar-refractivity contribution in [2.45, 2.75) is 32.1 Å². The molecule has 2 aliphatic rings. The Labute approximate surface area is 119 Å². The summed E-state index contributed by atoms with van der Waals surface area (Å²) in [6.45, 7) is 4.24. The topological polar surface area (TPSA) is 32.3 Å². The summed E-state index contributed by atoms with van der Waals surface area (Å²) in [6, 6.07) is 2.12. The Balaban J connectivity index is 1.46. The molecular weight excluding hydrogens is 256 g/mol. The molecule has 3 nitrogen and oxygen atoms in total. The Hall–Kier alpha value is -0.870. The monoisotopic (exact) mass is 278 g/mol. The molecule has 0 atom stereocenters. The number of carbonyl (C=O) groups excluding carboxylic acids is 1. The van der Waals surface area contributed by atoms with Gasteiger partial charge in [0.15, 0.2) is 0 Å². The number of rotatable bonds is 3. The van der Waals surface area contributed by atoms with Crippen LogP contribution < -0.4 is 5.32 Å². The second kappa shape index (κ2) is 5.63. The molecule has 0 aromatic carbocycles. The molecule has 0 aliphatic carbocycles. The Morgan fingerprint density at radius 1 is 1.37 bits per heavy atom. The number of piperidine rings is 1. The summed E-state index contributed by atoms with van der Waals surface area (Å²) >= 11 is 1.71. The lowest BCUT2D eigenvalue weighted by atomic mass is 9.78. The highest BCUT2D eigenvalue weighted by Gasteiger charge is 2.37. The van der Waals surface area contributed by atoms with E-state index in [-0.39, 0.29) is 0 Å². The third-order valence-electron chi connectivity index (χ3n) is 4.72. The van der Waals surface area contributed by atoms with E-state index in [0.717, 1.165) is 32.6 Å². The van der Waals surface area contributed by atoms with Crippen molar-refractivity contribution in [1.82, 2.24) is 10.2 Å². The van der Waals surface area contributed by atoms with E-state index in [4.69, 9.17) is 0 Å². The number of nitrogens with zero attached hydrogens (tertiary/aromatic N) is 1. The van der Waals surface area contributed by atoms with Crippen molar-refractivity contribution in [3.05, 3.63) is 22.4 Å². The number of aryl methyl sites for hydroxylation is 1. The van der Waals surface area contributed by atoms with Crippen LogP contribution in [0.15, 0.2) is 16.8 Å². The predicted molar refractivity (Wildman–Crippen MR) is 78.4 cm³/mol. The maximum atomic E-state index is 12.2. The highest BCUT2D eigenvalue weighted by atomic mass is 32.1. The summed E-state index contributed by atoms with van der Waals surface area (Å²) in [7, 11) is 0. The quantitative estimate of drug-likeness (QED) is 0.920. The SMILES string of the molecule is O=C(CCc1ccsc1)N1CCC2(CCNC2)CC1. The summed E-state index contributed by atoms with van der Waals surface area (Å²) in [5, 5.41) is 7.69. The van der Waals surface area contributed by atoms with Crippen LogP contribution in [0.25, 0.3) is 0 Å². The first-order valence-corrected chi connectivity index (χ1v) is 8.21. The summed E-state index contributed by atoms with van der Waals surface area (Å²) in [5.74, 6) is 0.340. The van der Waals surface area contributed by atoms with E-state index < -0.39 is 0 Å². The maximum Gasteiger partial charge on any atom is 0.222 e. The summed E-state index contributed by atoms with van der Waals surface area (Å²) in [6.07, 6.45) is 5.23. The Morgan fingerprint density at radius 2 is 2.21 bits per heavy atom. The molecule has 0 bridgehead atoms. The van der Waals surface area contributed by atoms with Gasteiger partial charge in [-0.15, -0.1) is 0 Å². The largest absolute Gasteiger partial charge is 0.343 e. The van der Waals surface area contributed by atoms with Crippen molar-refractivity contribution in [2.75, 3.05) is 26.2 Å². The average molecular weight is 278 g/mol. The Bertz CT molecular complexity index is 413. The van der Waals surface area contributed by atoms with Gasteiger partial charge in [0.25, 0.3) is 0 Å². The third-order valence-corrected chi connectivity index (χ3v) is 5.45. The molecule has 2 aliphatic heterocycles. The van der Waals surface area contributed by atoms with Gasteiger partial charge >= 0.3 is 0 Å². The molecule has 1 aromatic rings. The Morgan fingerprint density at radius 3 is 2.84 bits per heavy atom. The number of hydrogen-bond donors (Lipinski definition) is 1. The highest BCUT2D eigenvalue weighted by molar-refractivity contribution is 7.07. The minimum absolute atomic E-state index is 0.340. The van der Waals surface area contributed by atoms with E-state index >= 15 is 0 Å². The van der Waals surface area contributed by atoms with Crippen molar-refractivity contribution in [2.24, 2.45) is 5.41 Å². The van der Waals surface area contributed by atoms with Crippen molar-refractivity contribution >= 4 is 17.2 Å². The van der Waals surface area contributed by atoms with Crippen molar-refractivity contribution in [1.29, 1.82) is 0 Å². The molecule has 2 fully saturated rings. The van der Waals surface area contributed by atoms with Gasteiger partial charge in [-0.2, -0.15) is 11.3 Å². The van der Waals surface area contributed by atoms with E-state index in [1.54, 1.807) is 11.3 Å². The van der Waals surface area contributed by atoms with Crippen LogP contribution in [0.5, 0.6) is 0 Å². The summed E-state index contributed by atoms with van der Waals surface area (Å²) < 4.78 is 0. The van der Waals surface area contributed by atoms with Crippen LogP contribution in [0.3, 0.4) is 0 Å². The first kappa shape index (κ1) is 13.1. The van der Waals surface area contributed by atoms with Gasteiger partial charge in [-0.25, -0.2) is 0 Å². The molecule has 1 spiro atoms. The number of likely N-dealkylation sites (tertiary alicyclic amines) is 1. The number of nitrogens with one attached hydrogen (secondary N) is 1. The number of hydrogen-bond acceptors (Lipinski definition) is 3. The second-order valence-electron chi connectivity index (χ2n) is 5.94. The molecule has 0 radical (unpaired) electrons. The first-order valence-electron chi connectivity index (χ1n) is 7.27. The summed E-state index contributed by atoms with van der Waals surface area (Å²) in [4.78, 5) is 14.3. The Kier molecular flexibility index (Phi) is 3.89. The lowest BCUT2D eigenvalue weighted by Gasteiger charge is -2.39. The van der Waals surface area contributed by atoms with Crippen LogP contribution in [0.1, 0.15) is 31.2 Å². The van der Waals surface area contributed by atoms with E-state index in [0.29, 0.717) is 17.7 Å². The number of carbonyl (C=O) groups is 1. The lowest BCUT2D eigenvalue weighted by molar-refractivity contribution is -0.133. The van der Waals surface area contributed by atoms with Crippen LogP contribution in [0.2, 0.25) is 0 Å². The van der Waals surface area contributed by atoms with Gasteiger partial charge in [-0.1, -0.05) is 0 Å². The fourth-order valence-electron chi connectivity index (χ4n) is 3.30. The first-order chi connectivity index (χ1) is 9.27. The number of amides is 1. The molecule has 0 unspecified atom stereocenters. The van der Waals surface area contributed by atoms with E-state index in [1.807, 2.05) is 0 Å². The lowest BCUT2D eigenvalue weighted by Crippen LogP contribution is -2.44. The van der Waals surface area contributed by atoms with Gasteiger partial charge in [-0.3, -0.25) is 4.79 Å². The molecule has 1 aromatic heterocycles. The fourth-order valence-corrected chi connectivity index (χ4v) is 4.00. The van der Waals surface area contributed by atoms with Crippen LogP contribution in [-0.2, 0) is 11.2 Å². The molecule has 19 heavy (non-hydrogen) atoms. The molecular formula is C15H22N2OS. The maximum absolute atomic E-state index is 12.2. The van der Waals surface area contributed by atoms with E-state index in [1.165, 1.54) is 24.8 Å². The van der Waals surface area contributed by atoms with Crippen molar-refractivity contribution in [3.8, 4) is 0 Å². The molecule has 1 N–H and O–H groups in total. The molecule has 2 saturated heterocycles. The predicted octanol–water partition coefficient (Wildman–Crippen LogP) is 2.28. The molecule has 3 rings (SSSR count). The van der Waals surface area contributed by atoms with Crippen LogP contribution in [0.4, 0.5) is 0 Å². The van der Waals surface area contributed by atoms with Crippen LogP contribution >= 0.6 is 11.3 Å². The van der Waals surface area contributed by atoms with Crippen molar-refractivity contribution in [3.63, 3.8) is 0 Å². The van der Waals surface area contributed by atoms with Crippen LogP contribution in [-0.4, -0.2) is 37.0 Å². The molecule has 0 saturated carbocycles. The van der Waals surface area contributed by atoms with Gasteiger partial charge in [-0.05, 0) is 60.0 Å². The van der Waals surface area contributed by atoms with Crippen LogP contribution in [0, 0.1) is 5.41 Å². The van der Waals surface area contributed by atoms with E-state index in [2.05, 4.69) is 27.0 Å². The molecule has 104 valence electrons. The fraction of sp³-hybridized carbons (Fsp3) is 0.667. The second-order valence-corrected chi connectivity index (χ2v) is 6.72. The summed E-state index contributed by atoms with van der Waals surface area (Å²) in [5.41, 5.74) is 1.80. The van der Waals surface area contributed by atoms with E-state index in [9.17, 15) is 4.79 Å². The smallest absolute Gasteiger partial charge is 0.222 e. The zero-order chi connectivity index (χ0) is 13.1. The molecule has 4 heteroatoms. The van der Waals surface area contributed by atoms with Gasteiger partial charge in [0, 0.05) is 26.1 Å². The zero-order valence-electron chi connectivity index (χ0n) is 11.4. The average Bonchev–Trinajstić information content (AvgIpc) is 3.09. The zero-order valence-corrected chi connectivity index (χ0v) is 12.2. The normalized spacial score (nSPS) is 22.0. The number of thiophene rings is 1. The van der Waals surface area contributed by atoms with Gasteiger partial charge in [0.2, 0.25) is 5.91 Å². The third kappa shape index (κ3) is 3.00. The van der Waals surface area contributed by atoms with Gasteiger partial charge in [0.05, 0.1) is 0 Å². The minimum atomic E-state index is 0.340. The van der Waals surface area contributed by atoms with Gasteiger partial charge < -0.3 is 10.2 Å². The molecule has 1 amide bonds. The van der Waals surface area contributed by atoms with Crippen molar-refractivity contribution < 1.29 is 4.79 Å². The van der Waals surface area contributed by atoms with Gasteiger partial charge in [0.1, 0.15) is 0 Å². The minimum Gasteiger partial charge on any atom is -0.343 e. The highest BCUT2D eigenvalue weighted by Crippen LogP contribution is 2.37. The molecule has 3 heterocycles. The standard InChI is InChI=1S/C15H22N2OS/c18-14(2-1-13-3-10-19-11-13)17-8-5-15(6-9-17)4-7-16-12-15/h3,10-11,16H,1-2,4-9,12H2.